The average Bonchev–Trinajstić information content (AvgIpc) is 4.04. The zero-order valence-electron chi connectivity index (χ0n) is 37.2. The smallest absolute Gasteiger partial charge is 0.137 e. The first kappa shape index (κ1) is 38.0. The number of benzene rings is 9. The van der Waals surface area contributed by atoms with Gasteiger partial charge in [0.05, 0.1) is 5.69 Å². The second-order valence-electron chi connectivity index (χ2n) is 20.1. The molecule has 4 fully saturated rings. The molecule has 5 aliphatic carbocycles. The number of furan rings is 1. The van der Waals surface area contributed by atoms with Gasteiger partial charge in [-0.05, 0) is 173 Å². The quantitative estimate of drug-likeness (QED) is 0.165. The van der Waals surface area contributed by atoms with Gasteiger partial charge in [0.2, 0.25) is 0 Å². The molecule has 4 saturated carbocycles. The number of para-hydroxylation sites is 1. The summed E-state index contributed by atoms with van der Waals surface area (Å²) in [7, 11) is 0. The molecule has 0 saturated heterocycles. The Labute approximate surface area is 394 Å². The number of nitrogens with zero attached hydrogens (tertiary/aromatic N) is 1. The van der Waals surface area contributed by atoms with E-state index in [1.165, 1.54) is 102 Å². The van der Waals surface area contributed by atoms with E-state index in [4.69, 9.17) is 4.42 Å². The number of fused-ring (bicyclic) bond motifs is 9. The van der Waals surface area contributed by atoms with Crippen molar-refractivity contribution in [3.8, 4) is 44.5 Å². The SMILES string of the molecule is c1ccc(-c2ccc(N(c3ccc4c(c3)oc3ccccc34)c3cc(-c4ccccc4)cc4c3-c3cc(-c5ccc6sc7ccccc7c6c5)ccc3C43C4CC5CC(C4)CC3C5)cc2)cc1. The summed E-state index contributed by atoms with van der Waals surface area (Å²) in [6.07, 6.45) is 6.73. The van der Waals surface area contributed by atoms with E-state index >= 15 is 0 Å². The normalized spacial score (nSPS) is 21.2. The second-order valence-corrected chi connectivity index (χ2v) is 21.1. The van der Waals surface area contributed by atoms with Crippen molar-refractivity contribution in [3.63, 3.8) is 0 Å². The molecule has 67 heavy (non-hydrogen) atoms. The molecule has 0 N–H and O–H groups in total. The van der Waals surface area contributed by atoms with E-state index in [9.17, 15) is 0 Å². The van der Waals surface area contributed by atoms with Crippen LogP contribution in [0.25, 0.3) is 86.6 Å². The van der Waals surface area contributed by atoms with Crippen LogP contribution in [0.5, 0.6) is 0 Å². The lowest BCUT2D eigenvalue weighted by atomic mass is 9.43. The van der Waals surface area contributed by atoms with Crippen molar-refractivity contribution in [1.29, 1.82) is 0 Å². The zero-order chi connectivity index (χ0) is 43.8. The molecule has 320 valence electrons. The van der Waals surface area contributed by atoms with Crippen LogP contribution in [0, 0.1) is 23.7 Å². The van der Waals surface area contributed by atoms with Crippen LogP contribution in [-0.2, 0) is 5.41 Å². The van der Waals surface area contributed by atoms with Gasteiger partial charge in [0.1, 0.15) is 11.2 Å². The van der Waals surface area contributed by atoms with Gasteiger partial charge in [0, 0.05) is 59.4 Å². The van der Waals surface area contributed by atoms with Crippen molar-refractivity contribution in [2.24, 2.45) is 23.7 Å². The first-order valence-electron chi connectivity index (χ1n) is 24.3. The third kappa shape index (κ3) is 5.62. The Morgan fingerprint density at radius 3 is 1.78 bits per heavy atom. The molecule has 5 aliphatic rings. The van der Waals surface area contributed by atoms with E-state index in [2.05, 4.69) is 205 Å². The van der Waals surface area contributed by atoms with Crippen molar-refractivity contribution in [2.75, 3.05) is 4.90 Å². The highest BCUT2D eigenvalue weighted by Gasteiger charge is 2.62. The van der Waals surface area contributed by atoms with E-state index in [0.717, 1.165) is 45.1 Å². The van der Waals surface area contributed by atoms with E-state index in [1.54, 1.807) is 11.1 Å². The third-order valence-electron chi connectivity index (χ3n) is 16.6. The average molecular weight is 878 g/mol. The van der Waals surface area contributed by atoms with Gasteiger partial charge in [-0.2, -0.15) is 0 Å². The lowest BCUT2D eigenvalue weighted by Crippen LogP contribution is -2.55. The highest BCUT2D eigenvalue weighted by Crippen LogP contribution is 2.71. The molecule has 11 aromatic rings. The Hall–Kier alpha value is -7.20. The molecule has 0 radical (unpaired) electrons. The van der Waals surface area contributed by atoms with E-state index in [0.29, 0.717) is 11.8 Å². The lowest BCUT2D eigenvalue weighted by molar-refractivity contribution is -0.0399. The molecule has 2 aromatic heterocycles. The summed E-state index contributed by atoms with van der Waals surface area (Å²) in [5, 5.41) is 4.97. The fourth-order valence-corrected chi connectivity index (χ4v) is 15.2. The lowest BCUT2D eigenvalue weighted by Gasteiger charge is -2.61. The van der Waals surface area contributed by atoms with E-state index in [-0.39, 0.29) is 5.41 Å². The topological polar surface area (TPSA) is 16.4 Å². The molecule has 0 amide bonds. The molecule has 0 aliphatic heterocycles. The Bertz CT molecular complexity index is 3740. The van der Waals surface area contributed by atoms with Gasteiger partial charge in [-0.25, -0.2) is 0 Å². The second kappa shape index (κ2) is 14.4. The Balaban J connectivity index is 1.02. The highest BCUT2D eigenvalue weighted by atomic mass is 32.1. The largest absolute Gasteiger partial charge is 0.456 e. The van der Waals surface area contributed by atoms with Gasteiger partial charge in [-0.1, -0.05) is 127 Å². The minimum Gasteiger partial charge on any atom is -0.456 e. The molecule has 16 rings (SSSR count). The summed E-state index contributed by atoms with van der Waals surface area (Å²) in [5.74, 6) is 2.93. The fraction of sp³-hybridized carbons (Fsp3) is 0.156. The minimum absolute atomic E-state index is 0.0464. The first-order valence-corrected chi connectivity index (χ1v) is 25.1. The summed E-state index contributed by atoms with van der Waals surface area (Å²) >= 11 is 1.89. The van der Waals surface area contributed by atoms with Crippen molar-refractivity contribution in [2.45, 2.75) is 37.5 Å². The van der Waals surface area contributed by atoms with Crippen molar-refractivity contribution >= 4 is 70.5 Å². The number of anilines is 3. The molecule has 9 aromatic carbocycles. The van der Waals surface area contributed by atoms with Gasteiger partial charge >= 0.3 is 0 Å². The Morgan fingerprint density at radius 2 is 1.00 bits per heavy atom. The van der Waals surface area contributed by atoms with Crippen LogP contribution in [-0.4, -0.2) is 0 Å². The van der Waals surface area contributed by atoms with Crippen LogP contribution in [0.2, 0.25) is 0 Å². The van der Waals surface area contributed by atoms with Crippen molar-refractivity contribution in [3.05, 3.63) is 211 Å². The van der Waals surface area contributed by atoms with Crippen LogP contribution in [0.3, 0.4) is 0 Å². The zero-order valence-corrected chi connectivity index (χ0v) is 38.0. The van der Waals surface area contributed by atoms with Crippen LogP contribution in [0.4, 0.5) is 17.1 Å². The standard InChI is InChI=1S/C64H47NOS/c1-3-11-41(12-4-1)43-19-23-49(24-20-43)65(50-25-26-52-51-15-7-9-17-59(51)66-60(52)38-50)58-37-46(42-13-5-2-6-14-42)36-57-63(58)55-35-44(45-22-28-62-54(34-45)53-16-8-10-18-61(53)67-62)21-27-56(55)64(57)47-30-39-29-40(32-47)33-48(64)31-39/h1-28,34-40,47-48H,29-33H2. The predicted molar refractivity (Wildman–Crippen MR) is 281 cm³/mol. The maximum Gasteiger partial charge on any atom is 0.137 e. The summed E-state index contributed by atoms with van der Waals surface area (Å²) in [5.41, 5.74) is 18.6. The Morgan fingerprint density at radius 1 is 0.403 bits per heavy atom. The molecule has 0 unspecified atom stereocenters. The fourth-order valence-electron chi connectivity index (χ4n) is 14.1. The maximum atomic E-state index is 6.68. The van der Waals surface area contributed by atoms with Crippen molar-refractivity contribution in [1.82, 2.24) is 0 Å². The predicted octanol–water partition coefficient (Wildman–Crippen LogP) is 18.1. The molecule has 2 nitrogen and oxygen atoms in total. The summed E-state index contributed by atoms with van der Waals surface area (Å²) in [6, 6.07) is 75.4. The molecule has 2 heterocycles. The van der Waals surface area contributed by atoms with Crippen LogP contribution >= 0.6 is 11.3 Å². The molecular formula is C64H47NOS. The van der Waals surface area contributed by atoms with Gasteiger partial charge in [-0.3, -0.25) is 0 Å². The monoisotopic (exact) mass is 877 g/mol. The third-order valence-corrected chi connectivity index (χ3v) is 17.8. The summed E-state index contributed by atoms with van der Waals surface area (Å²) < 4.78 is 9.37. The van der Waals surface area contributed by atoms with Crippen molar-refractivity contribution < 1.29 is 4.42 Å². The van der Waals surface area contributed by atoms with Crippen LogP contribution in [0.15, 0.2) is 205 Å². The number of rotatable bonds is 6. The minimum atomic E-state index is -0.0464. The molecule has 0 atom stereocenters. The molecule has 4 bridgehead atoms. The summed E-state index contributed by atoms with van der Waals surface area (Å²) in [4.78, 5) is 2.56. The van der Waals surface area contributed by atoms with Crippen LogP contribution < -0.4 is 4.90 Å². The number of hydrogen-bond donors (Lipinski definition) is 0. The summed E-state index contributed by atoms with van der Waals surface area (Å²) in [6.45, 7) is 0. The van der Waals surface area contributed by atoms with E-state index < -0.39 is 0 Å². The number of thiophene rings is 1. The van der Waals surface area contributed by atoms with Gasteiger partial charge in [-0.15, -0.1) is 11.3 Å². The van der Waals surface area contributed by atoms with Gasteiger partial charge in [0.25, 0.3) is 0 Å². The maximum absolute atomic E-state index is 6.68. The molecule has 1 spiro atoms. The van der Waals surface area contributed by atoms with Crippen LogP contribution in [0.1, 0.15) is 43.2 Å². The first-order chi connectivity index (χ1) is 33.1. The van der Waals surface area contributed by atoms with E-state index in [1.807, 2.05) is 11.3 Å². The molecular weight excluding hydrogens is 831 g/mol. The van der Waals surface area contributed by atoms with Gasteiger partial charge in [0.15, 0.2) is 0 Å². The molecule has 3 heteroatoms. The Kier molecular flexibility index (Phi) is 8.16. The number of hydrogen-bond acceptors (Lipinski definition) is 3. The highest BCUT2D eigenvalue weighted by molar-refractivity contribution is 7.25. The van der Waals surface area contributed by atoms with Gasteiger partial charge < -0.3 is 9.32 Å².